The second kappa shape index (κ2) is 12.4. The van der Waals surface area contributed by atoms with Gasteiger partial charge < -0.3 is 15.0 Å². The molecule has 31 heavy (non-hydrogen) atoms. The number of carbonyl (C=O) groups excluding carboxylic acids is 2. The van der Waals surface area contributed by atoms with Crippen molar-refractivity contribution in [3.63, 3.8) is 0 Å². The first-order valence-electron chi connectivity index (χ1n) is 10.9. The number of halogens is 1. The van der Waals surface area contributed by atoms with Gasteiger partial charge in [0.2, 0.25) is 5.91 Å². The van der Waals surface area contributed by atoms with E-state index >= 15 is 0 Å². The summed E-state index contributed by atoms with van der Waals surface area (Å²) in [5.41, 5.74) is 2.93. The highest BCUT2D eigenvalue weighted by Gasteiger charge is 2.29. The number of aryl methyl sites for hydroxylation is 2. The number of hydrogen-bond donors (Lipinski definition) is 1. The van der Waals surface area contributed by atoms with Gasteiger partial charge in [-0.3, -0.25) is 9.59 Å². The van der Waals surface area contributed by atoms with Crippen molar-refractivity contribution in [2.75, 3.05) is 13.2 Å². The Kier molecular flexibility index (Phi) is 9.86. The molecule has 0 radical (unpaired) electrons. The van der Waals surface area contributed by atoms with E-state index < -0.39 is 6.04 Å². The van der Waals surface area contributed by atoms with Crippen molar-refractivity contribution >= 4 is 23.4 Å². The first-order valence-corrected chi connectivity index (χ1v) is 11.2. The molecule has 1 N–H and O–H groups in total. The van der Waals surface area contributed by atoms with E-state index in [2.05, 4.69) is 12.2 Å². The molecule has 0 aliphatic rings. The molecule has 6 heteroatoms. The molecule has 0 saturated carbocycles. The number of hydrogen-bond acceptors (Lipinski definition) is 3. The van der Waals surface area contributed by atoms with E-state index in [-0.39, 0.29) is 25.0 Å². The fourth-order valence-corrected chi connectivity index (χ4v) is 3.68. The van der Waals surface area contributed by atoms with Gasteiger partial charge in [-0.05, 0) is 61.6 Å². The van der Waals surface area contributed by atoms with E-state index in [1.54, 1.807) is 11.0 Å². The zero-order valence-corrected chi connectivity index (χ0v) is 19.7. The fourth-order valence-electron chi connectivity index (χ4n) is 3.48. The summed E-state index contributed by atoms with van der Waals surface area (Å²) < 4.78 is 5.80. The van der Waals surface area contributed by atoms with Crippen LogP contribution in [0.3, 0.4) is 0 Å². The maximum atomic E-state index is 13.2. The predicted octanol–water partition coefficient (Wildman–Crippen LogP) is 5.06. The molecule has 0 bridgehead atoms. The highest BCUT2D eigenvalue weighted by atomic mass is 35.5. The number of unbranched alkanes of at least 4 members (excludes halogenated alkanes) is 1. The first kappa shape index (κ1) is 24.7. The molecule has 2 aromatic carbocycles. The molecule has 0 aliphatic carbocycles. The van der Waals surface area contributed by atoms with Crippen molar-refractivity contribution in [2.24, 2.45) is 0 Å². The Morgan fingerprint density at radius 2 is 1.77 bits per heavy atom. The molecule has 2 amide bonds. The van der Waals surface area contributed by atoms with Crippen LogP contribution in [0.25, 0.3) is 0 Å². The lowest BCUT2D eigenvalue weighted by Gasteiger charge is -2.31. The van der Waals surface area contributed by atoms with Crippen LogP contribution < -0.4 is 10.1 Å². The number of rotatable bonds is 11. The SMILES string of the molecule is CCCCNC(=O)[C@@H](CC)N(Cc1ccccc1Cl)C(=O)COc1cc(C)cc(C)c1. The maximum absolute atomic E-state index is 13.2. The standard InChI is InChI=1S/C25H33ClN2O3/c1-5-7-12-27-25(30)23(6-2)28(16-20-10-8-9-11-22(20)26)24(29)17-31-21-14-18(3)13-19(4)15-21/h8-11,13-15,23H,5-7,12,16-17H2,1-4H3,(H,27,30)/t23-/m1/s1. The molecule has 2 rings (SSSR count). The van der Waals surface area contributed by atoms with E-state index in [9.17, 15) is 9.59 Å². The number of ether oxygens (including phenoxy) is 1. The van der Waals surface area contributed by atoms with Crippen molar-refractivity contribution in [3.8, 4) is 5.75 Å². The van der Waals surface area contributed by atoms with Gasteiger partial charge in [-0.15, -0.1) is 0 Å². The lowest BCUT2D eigenvalue weighted by atomic mass is 10.1. The summed E-state index contributed by atoms with van der Waals surface area (Å²) in [6, 6.07) is 12.6. The number of nitrogens with one attached hydrogen (secondary N) is 1. The molecule has 0 aromatic heterocycles. The van der Waals surface area contributed by atoms with Crippen molar-refractivity contribution in [1.82, 2.24) is 10.2 Å². The normalized spacial score (nSPS) is 11.6. The van der Waals surface area contributed by atoms with Gasteiger partial charge in [0.1, 0.15) is 11.8 Å². The number of benzene rings is 2. The minimum Gasteiger partial charge on any atom is -0.484 e. The third-order valence-corrected chi connectivity index (χ3v) is 5.44. The van der Waals surface area contributed by atoms with E-state index in [0.29, 0.717) is 23.7 Å². The molecule has 0 aliphatic heterocycles. The average molecular weight is 445 g/mol. The van der Waals surface area contributed by atoms with Crippen LogP contribution in [0.1, 0.15) is 49.8 Å². The van der Waals surface area contributed by atoms with E-state index in [1.165, 1.54) is 0 Å². The maximum Gasteiger partial charge on any atom is 0.261 e. The first-order chi connectivity index (χ1) is 14.8. The summed E-state index contributed by atoms with van der Waals surface area (Å²) in [4.78, 5) is 27.6. The molecule has 0 heterocycles. The second-order valence-corrected chi connectivity index (χ2v) is 8.20. The number of nitrogens with zero attached hydrogens (tertiary/aromatic N) is 1. The monoisotopic (exact) mass is 444 g/mol. The van der Waals surface area contributed by atoms with E-state index in [1.807, 2.05) is 57.2 Å². The smallest absolute Gasteiger partial charge is 0.261 e. The molecule has 0 spiro atoms. The molecule has 2 aromatic rings. The van der Waals surface area contributed by atoms with Crippen LogP contribution in [0.15, 0.2) is 42.5 Å². The molecule has 5 nitrogen and oxygen atoms in total. The average Bonchev–Trinajstić information content (AvgIpc) is 2.72. The Morgan fingerprint density at radius 3 is 2.39 bits per heavy atom. The zero-order valence-electron chi connectivity index (χ0n) is 18.9. The Bertz CT molecular complexity index is 865. The summed E-state index contributed by atoms with van der Waals surface area (Å²) in [6.45, 7) is 8.64. The van der Waals surface area contributed by atoms with Gasteiger partial charge in [0.25, 0.3) is 5.91 Å². The van der Waals surface area contributed by atoms with Crippen LogP contribution in [-0.4, -0.2) is 35.9 Å². The molecule has 0 unspecified atom stereocenters. The summed E-state index contributed by atoms with van der Waals surface area (Å²) in [5.74, 6) is 0.239. The largest absolute Gasteiger partial charge is 0.484 e. The lowest BCUT2D eigenvalue weighted by molar-refractivity contribution is -0.143. The van der Waals surface area contributed by atoms with Crippen LogP contribution in [0, 0.1) is 13.8 Å². The molecular formula is C25H33ClN2O3. The van der Waals surface area contributed by atoms with Gasteiger partial charge in [0.15, 0.2) is 6.61 Å². The van der Waals surface area contributed by atoms with E-state index in [4.69, 9.17) is 16.3 Å². The van der Waals surface area contributed by atoms with Crippen LogP contribution >= 0.6 is 11.6 Å². The summed E-state index contributed by atoms with van der Waals surface area (Å²) in [5, 5.41) is 3.52. The zero-order chi connectivity index (χ0) is 22.8. The summed E-state index contributed by atoms with van der Waals surface area (Å²) >= 11 is 6.34. The van der Waals surface area contributed by atoms with Crippen LogP contribution in [0.2, 0.25) is 5.02 Å². The lowest BCUT2D eigenvalue weighted by Crippen LogP contribution is -2.50. The molecule has 0 fully saturated rings. The van der Waals surface area contributed by atoms with Crippen molar-refractivity contribution in [3.05, 3.63) is 64.2 Å². The molecular weight excluding hydrogens is 412 g/mol. The van der Waals surface area contributed by atoms with Gasteiger partial charge in [0, 0.05) is 18.1 Å². The number of amides is 2. The topological polar surface area (TPSA) is 58.6 Å². The Balaban J connectivity index is 2.21. The van der Waals surface area contributed by atoms with Crippen molar-refractivity contribution < 1.29 is 14.3 Å². The Morgan fingerprint density at radius 1 is 1.10 bits per heavy atom. The van der Waals surface area contributed by atoms with Crippen LogP contribution in [0.4, 0.5) is 0 Å². The Labute approximate surface area is 190 Å². The van der Waals surface area contributed by atoms with Gasteiger partial charge in [0.05, 0.1) is 0 Å². The van der Waals surface area contributed by atoms with Gasteiger partial charge in [-0.25, -0.2) is 0 Å². The minimum absolute atomic E-state index is 0.147. The molecule has 1 atom stereocenters. The third kappa shape index (κ3) is 7.59. The fraction of sp³-hybridized carbons (Fsp3) is 0.440. The van der Waals surface area contributed by atoms with E-state index in [0.717, 1.165) is 29.5 Å². The highest BCUT2D eigenvalue weighted by Crippen LogP contribution is 2.21. The van der Waals surface area contributed by atoms with Crippen molar-refractivity contribution in [1.29, 1.82) is 0 Å². The third-order valence-electron chi connectivity index (χ3n) is 5.07. The molecule has 0 saturated heterocycles. The quantitative estimate of drug-likeness (QED) is 0.493. The highest BCUT2D eigenvalue weighted by molar-refractivity contribution is 6.31. The Hall–Kier alpha value is -2.53. The number of carbonyl (C=O) groups is 2. The van der Waals surface area contributed by atoms with Crippen LogP contribution in [-0.2, 0) is 16.1 Å². The second-order valence-electron chi connectivity index (χ2n) is 7.79. The minimum atomic E-state index is -0.594. The summed E-state index contributed by atoms with van der Waals surface area (Å²) in [6.07, 6.45) is 2.39. The summed E-state index contributed by atoms with van der Waals surface area (Å²) in [7, 11) is 0. The molecule has 168 valence electrons. The van der Waals surface area contributed by atoms with Gasteiger partial charge in [-0.2, -0.15) is 0 Å². The predicted molar refractivity (Wildman–Crippen MR) is 125 cm³/mol. The van der Waals surface area contributed by atoms with Gasteiger partial charge >= 0.3 is 0 Å². The van der Waals surface area contributed by atoms with Crippen molar-refractivity contribution in [2.45, 2.75) is 59.5 Å². The van der Waals surface area contributed by atoms with Crippen LogP contribution in [0.5, 0.6) is 5.75 Å². The van der Waals surface area contributed by atoms with Gasteiger partial charge in [-0.1, -0.05) is 56.1 Å².